The quantitative estimate of drug-likeness (QED) is 0.221. The van der Waals surface area contributed by atoms with Crippen LogP contribution in [-0.4, -0.2) is 5.91 Å². The van der Waals surface area contributed by atoms with Crippen LogP contribution in [0.1, 0.15) is 40.0 Å². The summed E-state index contributed by atoms with van der Waals surface area (Å²) < 4.78 is 6.40. The number of nitriles is 2. The molecule has 0 saturated carbocycles. The molecule has 0 spiro atoms. The minimum atomic E-state index is -0.586. The van der Waals surface area contributed by atoms with Gasteiger partial charge in [-0.3, -0.25) is 4.79 Å². The van der Waals surface area contributed by atoms with Crippen molar-refractivity contribution in [2.24, 2.45) is 0 Å². The van der Waals surface area contributed by atoms with Gasteiger partial charge in [0.15, 0.2) is 5.75 Å². The van der Waals surface area contributed by atoms with Crippen molar-refractivity contribution in [2.45, 2.75) is 32.3 Å². The Labute approximate surface area is 236 Å². The van der Waals surface area contributed by atoms with Crippen molar-refractivity contribution < 1.29 is 9.53 Å². The number of rotatable bonds is 6. The van der Waals surface area contributed by atoms with E-state index in [9.17, 15) is 15.3 Å². The molecule has 4 rings (SSSR count). The summed E-state index contributed by atoms with van der Waals surface area (Å²) in [5.41, 5.74) is 2.66. The number of ether oxygens (including phenoxy) is 1. The van der Waals surface area contributed by atoms with Gasteiger partial charge in [0.25, 0.3) is 5.91 Å². The van der Waals surface area contributed by atoms with E-state index in [0.717, 1.165) is 41.7 Å². The first-order chi connectivity index (χ1) is 17.3. The van der Waals surface area contributed by atoms with E-state index in [1.54, 1.807) is 30.3 Å². The van der Waals surface area contributed by atoms with Crippen LogP contribution < -0.4 is 10.1 Å². The summed E-state index contributed by atoms with van der Waals surface area (Å²) >= 11 is 23.4. The second-order valence-corrected chi connectivity index (χ2v) is 11.2. The number of nitrogens with zero attached hydrogens (tertiary/aromatic N) is 2. The van der Waals surface area contributed by atoms with Crippen molar-refractivity contribution >= 4 is 79.1 Å². The van der Waals surface area contributed by atoms with E-state index < -0.39 is 5.91 Å². The first-order valence-corrected chi connectivity index (χ1v) is 13.6. The maximum absolute atomic E-state index is 12.9. The van der Waals surface area contributed by atoms with Gasteiger partial charge in [0.2, 0.25) is 0 Å². The number of nitrogens with one attached hydrogen (secondary N) is 1. The van der Waals surface area contributed by atoms with E-state index >= 15 is 0 Å². The second kappa shape index (κ2) is 11.7. The maximum atomic E-state index is 12.9. The van der Waals surface area contributed by atoms with Crippen LogP contribution in [0.5, 0.6) is 5.75 Å². The third kappa shape index (κ3) is 5.89. The molecule has 0 unspecified atom stereocenters. The largest absolute Gasteiger partial charge is 0.486 e. The van der Waals surface area contributed by atoms with Crippen LogP contribution in [0.3, 0.4) is 0 Å². The Balaban J connectivity index is 1.53. The van der Waals surface area contributed by atoms with E-state index in [1.807, 2.05) is 6.07 Å². The Morgan fingerprint density at radius 1 is 1.14 bits per heavy atom. The van der Waals surface area contributed by atoms with Gasteiger partial charge >= 0.3 is 0 Å². The summed E-state index contributed by atoms with van der Waals surface area (Å²) in [5.74, 6) is -0.192. The number of thiophene rings is 1. The minimum Gasteiger partial charge on any atom is -0.486 e. The number of anilines is 1. The van der Waals surface area contributed by atoms with Crippen LogP contribution >= 0.6 is 62.1 Å². The zero-order chi connectivity index (χ0) is 25.8. The maximum Gasteiger partial charge on any atom is 0.266 e. The van der Waals surface area contributed by atoms with E-state index in [1.165, 1.54) is 17.4 Å². The molecule has 36 heavy (non-hydrogen) atoms. The minimum absolute atomic E-state index is 0.116. The molecule has 1 amide bonds. The van der Waals surface area contributed by atoms with Gasteiger partial charge in [-0.15, -0.1) is 11.3 Å². The van der Waals surface area contributed by atoms with Gasteiger partial charge in [0.05, 0.1) is 15.1 Å². The SMILES string of the molecule is N#C/C(=C\c1cc(Cl)c(OCc2ccc(Cl)cc2Cl)c(Br)c1)C(=O)Nc1sc2c(c1C#N)CCCC2. The summed E-state index contributed by atoms with van der Waals surface area (Å²) in [7, 11) is 0. The third-order valence-electron chi connectivity index (χ3n) is 5.59. The van der Waals surface area contributed by atoms with Gasteiger partial charge < -0.3 is 10.1 Å². The molecular weight excluding hydrogens is 605 g/mol. The fraction of sp³-hybridized carbons (Fsp3) is 0.192. The standard InChI is InChI=1S/C26H17BrCl3N3O2S/c27-20-8-14(9-22(30)24(20)35-13-15-5-6-17(28)10-21(15)29)7-16(11-31)25(34)33-26-19(12-32)18-3-1-2-4-23(18)36-26/h5-10H,1-4,13H2,(H,33,34)/b16-7+. The van der Waals surface area contributed by atoms with Gasteiger partial charge in [-0.1, -0.05) is 40.9 Å². The molecule has 0 atom stereocenters. The number of halogens is 4. The topological polar surface area (TPSA) is 85.9 Å². The summed E-state index contributed by atoms with van der Waals surface area (Å²) in [4.78, 5) is 14.0. The normalized spacial score (nSPS) is 12.9. The molecule has 3 aromatic rings. The van der Waals surface area contributed by atoms with Crippen LogP contribution in [0.2, 0.25) is 15.1 Å². The van der Waals surface area contributed by atoms with Crippen LogP contribution in [0.25, 0.3) is 6.08 Å². The van der Waals surface area contributed by atoms with Crippen LogP contribution in [0.15, 0.2) is 40.4 Å². The molecule has 1 aliphatic rings. The fourth-order valence-corrected chi connectivity index (χ4v) is 6.53. The van der Waals surface area contributed by atoms with Crippen molar-refractivity contribution in [3.63, 3.8) is 0 Å². The third-order valence-corrected chi connectivity index (χ3v) is 8.26. The van der Waals surface area contributed by atoms with Crippen LogP contribution in [0, 0.1) is 22.7 Å². The Kier molecular flexibility index (Phi) is 8.62. The lowest BCUT2D eigenvalue weighted by Gasteiger charge is -2.12. The first kappa shape index (κ1) is 26.5. The molecule has 1 aliphatic carbocycles. The number of hydrogen-bond donors (Lipinski definition) is 1. The molecule has 5 nitrogen and oxygen atoms in total. The zero-order valence-corrected chi connectivity index (χ0v) is 23.3. The predicted molar refractivity (Wildman–Crippen MR) is 148 cm³/mol. The lowest BCUT2D eigenvalue weighted by Crippen LogP contribution is -2.13. The molecule has 1 N–H and O–H groups in total. The average molecular weight is 622 g/mol. The van der Waals surface area contributed by atoms with Crippen molar-refractivity contribution in [3.8, 4) is 17.9 Å². The van der Waals surface area contributed by atoms with Crippen molar-refractivity contribution in [3.05, 3.63) is 82.6 Å². The van der Waals surface area contributed by atoms with Gasteiger partial charge in [-0.05, 0) is 83.1 Å². The van der Waals surface area contributed by atoms with Gasteiger partial charge in [-0.25, -0.2) is 0 Å². The Morgan fingerprint density at radius 2 is 1.92 bits per heavy atom. The highest BCUT2D eigenvalue weighted by molar-refractivity contribution is 9.10. The van der Waals surface area contributed by atoms with Gasteiger partial charge in [0, 0.05) is 20.5 Å². The number of hydrogen-bond acceptors (Lipinski definition) is 5. The molecule has 0 radical (unpaired) electrons. The molecule has 10 heteroatoms. The lowest BCUT2D eigenvalue weighted by atomic mass is 9.96. The molecule has 2 aromatic carbocycles. The average Bonchev–Trinajstić information content (AvgIpc) is 3.19. The Bertz CT molecular complexity index is 1450. The number of carbonyl (C=O) groups excluding carboxylic acids is 1. The van der Waals surface area contributed by atoms with E-state index in [-0.39, 0.29) is 17.2 Å². The summed E-state index contributed by atoms with van der Waals surface area (Å²) in [5, 5.41) is 23.8. The summed E-state index contributed by atoms with van der Waals surface area (Å²) in [6, 6.07) is 12.6. The number of amides is 1. The second-order valence-electron chi connectivity index (χ2n) is 7.99. The van der Waals surface area contributed by atoms with E-state index in [2.05, 4.69) is 27.3 Å². The predicted octanol–water partition coefficient (Wildman–Crippen LogP) is 8.35. The lowest BCUT2D eigenvalue weighted by molar-refractivity contribution is -0.112. The van der Waals surface area contributed by atoms with E-state index in [0.29, 0.717) is 36.4 Å². The number of carbonyl (C=O) groups is 1. The van der Waals surface area contributed by atoms with Gasteiger partial charge in [0.1, 0.15) is 29.3 Å². The highest BCUT2D eigenvalue weighted by atomic mass is 79.9. The fourth-order valence-electron chi connectivity index (χ4n) is 3.85. The molecule has 0 aliphatic heterocycles. The van der Waals surface area contributed by atoms with Crippen molar-refractivity contribution in [1.29, 1.82) is 10.5 Å². The molecule has 1 heterocycles. The monoisotopic (exact) mass is 619 g/mol. The molecule has 0 saturated heterocycles. The first-order valence-electron chi connectivity index (χ1n) is 10.8. The summed E-state index contributed by atoms with van der Waals surface area (Å²) in [6.45, 7) is 0.168. The molecule has 0 bridgehead atoms. The highest BCUT2D eigenvalue weighted by Crippen LogP contribution is 2.38. The number of aryl methyl sites for hydroxylation is 1. The smallest absolute Gasteiger partial charge is 0.266 e. The van der Waals surface area contributed by atoms with Gasteiger partial charge in [-0.2, -0.15) is 10.5 Å². The molecule has 1 aromatic heterocycles. The Hall–Kier alpha value is -2.52. The van der Waals surface area contributed by atoms with Crippen LogP contribution in [-0.2, 0) is 24.2 Å². The molecular formula is C26H17BrCl3N3O2S. The highest BCUT2D eigenvalue weighted by Gasteiger charge is 2.23. The van der Waals surface area contributed by atoms with E-state index in [4.69, 9.17) is 39.5 Å². The number of fused-ring (bicyclic) bond motifs is 1. The summed E-state index contributed by atoms with van der Waals surface area (Å²) in [6.07, 6.45) is 5.26. The molecule has 182 valence electrons. The van der Waals surface area contributed by atoms with Crippen molar-refractivity contribution in [2.75, 3.05) is 5.32 Å². The zero-order valence-electron chi connectivity index (χ0n) is 18.6. The van der Waals surface area contributed by atoms with Crippen LogP contribution in [0.4, 0.5) is 5.00 Å². The molecule has 0 fully saturated rings. The van der Waals surface area contributed by atoms with Crippen molar-refractivity contribution in [1.82, 2.24) is 0 Å². The number of benzene rings is 2. The Morgan fingerprint density at radius 3 is 2.61 bits per heavy atom.